The standard InChI is InChI=1S/C13H25N3OS/c1-12(2,3)9-10(17)15-13(11(14)18)5-7-16(4)8-6-13/h5-9H2,1-4H3,(H2,14,18)(H,15,17). The summed E-state index contributed by atoms with van der Waals surface area (Å²) in [7, 11) is 2.07. The third-order valence-corrected chi connectivity index (χ3v) is 3.77. The van der Waals surface area contributed by atoms with Crippen LogP contribution in [0.15, 0.2) is 0 Å². The van der Waals surface area contributed by atoms with Crippen LogP contribution in [0.2, 0.25) is 0 Å². The van der Waals surface area contributed by atoms with Crippen molar-refractivity contribution in [3.05, 3.63) is 0 Å². The van der Waals surface area contributed by atoms with Crippen LogP contribution in [0.4, 0.5) is 0 Å². The molecule has 5 heteroatoms. The second-order valence-electron chi connectivity index (χ2n) is 6.54. The fourth-order valence-electron chi connectivity index (χ4n) is 2.23. The summed E-state index contributed by atoms with van der Waals surface area (Å²) in [6, 6.07) is 0. The van der Waals surface area contributed by atoms with Crippen LogP contribution in [0, 0.1) is 5.41 Å². The van der Waals surface area contributed by atoms with E-state index in [-0.39, 0.29) is 11.3 Å². The second kappa shape index (κ2) is 5.53. The molecule has 1 aliphatic heterocycles. The van der Waals surface area contributed by atoms with Crippen molar-refractivity contribution in [3.8, 4) is 0 Å². The van der Waals surface area contributed by atoms with Crippen LogP contribution in [0.1, 0.15) is 40.0 Å². The van der Waals surface area contributed by atoms with Gasteiger partial charge in [0.2, 0.25) is 5.91 Å². The number of carbonyl (C=O) groups is 1. The summed E-state index contributed by atoms with van der Waals surface area (Å²) in [5.74, 6) is 0.0415. The lowest BCUT2D eigenvalue weighted by Gasteiger charge is -2.41. The van der Waals surface area contributed by atoms with Gasteiger partial charge in [-0.15, -0.1) is 0 Å². The number of hydrogen-bond acceptors (Lipinski definition) is 3. The molecule has 0 aromatic rings. The molecule has 0 spiro atoms. The number of likely N-dealkylation sites (tertiary alicyclic amines) is 1. The molecule has 1 fully saturated rings. The SMILES string of the molecule is CN1CCC(NC(=O)CC(C)(C)C)(C(N)=S)CC1. The molecule has 0 aliphatic carbocycles. The minimum absolute atomic E-state index is 0.0209. The van der Waals surface area contributed by atoms with E-state index >= 15 is 0 Å². The van der Waals surface area contributed by atoms with Gasteiger partial charge in [-0.05, 0) is 25.3 Å². The smallest absolute Gasteiger partial charge is 0.221 e. The zero-order valence-electron chi connectivity index (χ0n) is 11.9. The van der Waals surface area contributed by atoms with Gasteiger partial charge in [0.25, 0.3) is 0 Å². The molecule has 4 nitrogen and oxygen atoms in total. The van der Waals surface area contributed by atoms with Crippen molar-refractivity contribution in [3.63, 3.8) is 0 Å². The van der Waals surface area contributed by atoms with E-state index in [0.717, 1.165) is 25.9 Å². The lowest BCUT2D eigenvalue weighted by atomic mass is 9.86. The molecule has 18 heavy (non-hydrogen) atoms. The molecule has 0 aromatic heterocycles. The van der Waals surface area contributed by atoms with Gasteiger partial charge in [0, 0.05) is 19.5 Å². The Morgan fingerprint density at radius 3 is 2.28 bits per heavy atom. The van der Waals surface area contributed by atoms with E-state index in [9.17, 15) is 4.79 Å². The van der Waals surface area contributed by atoms with Gasteiger partial charge in [0.05, 0.1) is 10.5 Å². The molecule has 1 rings (SSSR count). The Bertz CT molecular complexity index is 328. The van der Waals surface area contributed by atoms with Gasteiger partial charge < -0.3 is 16.0 Å². The fraction of sp³-hybridized carbons (Fsp3) is 0.846. The number of nitrogens with one attached hydrogen (secondary N) is 1. The maximum Gasteiger partial charge on any atom is 0.221 e. The van der Waals surface area contributed by atoms with Gasteiger partial charge in [0.1, 0.15) is 0 Å². The van der Waals surface area contributed by atoms with Crippen molar-refractivity contribution in [1.82, 2.24) is 10.2 Å². The van der Waals surface area contributed by atoms with Crippen molar-refractivity contribution >= 4 is 23.1 Å². The molecule has 0 unspecified atom stereocenters. The maximum absolute atomic E-state index is 12.1. The van der Waals surface area contributed by atoms with Gasteiger partial charge in [-0.1, -0.05) is 33.0 Å². The van der Waals surface area contributed by atoms with Crippen LogP contribution in [0.3, 0.4) is 0 Å². The molecule has 0 radical (unpaired) electrons. The number of piperidine rings is 1. The van der Waals surface area contributed by atoms with Crippen LogP contribution in [-0.4, -0.2) is 41.5 Å². The number of nitrogens with two attached hydrogens (primary N) is 1. The van der Waals surface area contributed by atoms with Gasteiger partial charge in [0.15, 0.2) is 0 Å². The summed E-state index contributed by atoms with van der Waals surface area (Å²) in [6.07, 6.45) is 2.09. The number of amides is 1. The first-order chi connectivity index (χ1) is 8.15. The highest BCUT2D eigenvalue weighted by Crippen LogP contribution is 2.24. The monoisotopic (exact) mass is 271 g/mol. The first kappa shape index (κ1) is 15.4. The highest BCUT2D eigenvalue weighted by molar-refractivity contribution is 7.80. The number of hydrogen-bond donors (Lipinski definition) is 2. The Morgan fingerprint density at radius 2 is 1.89 bits per heavy atom. The number of thiocarbonyl (C=S) groups is 1. The summed E-state index contributed by atoms with van der Waals surface area (Å²) >= 11 is 5.17. The molecule has 1 heterocycles. The van der Waals surface area contributed by atoms with Crippen LogP contribution < -0.4 is 11.1 Å². The Morgan fingerprint density at radius 1 is 1.39 bits per heavy atom. The molecular weight excluding hydrogens is 246 g/mol. The zero-order valence-corrected chi connectivity index (χ0v) is 12.7. The molecule has 1 amide bonds. The van der Waals surface area contributed by atoms with Crippen LogP contribution >= 0.6 is 12.2 Å². The first-order valence-electron chi connectivity index (χ1n) is 6.44. The summed E-state index contributed by atoms with van der Waals surface area (Å²) in [6.45, 7) is 7.97. The Hall–Kier alpha value is -0.680. The minimum atomic E-state index is -0.482. The van der Waals surface area contributed by atoms with E-state index in [1.54, 1.807) is 0 Å². The number of carbonyl (C=O) groups excluding carboxylic acids is 1. The minimum Gasteiger partial charge on any atom is -0.391 e. The summed E-state index contributed by atoms with van der Waals surface area (Å²) in [5.41, 5.74) is 5.36. The second-order valence-corrected chi connectivity index (χ2v) is 6.98. The van der Waals surface area contributed by atoms with E-state index in [1.165, 1.54) is 0 Å². The molecule has 0 saturated carbocycles. The summed E-state index contributed by atoms with van der Waals surface area (Å²) in [5, 5.41) is 3.08. The largest absolute Gasteiger partial charge is 0.391 e. The Balaban J connectivity index is 2.70. The summed E-state index contributed by atoms with van der Waals surface area (Å²) in [4.78, 5) is 14.7. The predicted molar refractivity (Wildman–Crippen MR) is 78.5 cm³/mol. The van der Waals surface area contributed by atoms with E-state index in [0.29, 0.717) is 11.4 Å². The molecule has 1 saturated heterocycles. The van der Waals surface area contributed by atoms with Gasteiger partial charge >= 0.3 is 0 Å². The topological polar surface area (TPSA) is 58.4 Å². The molecule has 0 aromatic carbocycles. The molecule has 1 aliphatic rings. The van der Waals surface area contributed by atoms with Gasteiger partial charge in [-0.2, -0.15) is 0 Å². The van der Waals surface area contributed by atoms with Gasteiger partial charge in [-0.25, -0.2) is 0 Å². The van der Waals surface area contributed by atoms with Crippen molar-refractivity contribution < 1.29 is 4.79 Å². The van der Waals surface area contributed by atoms with Crippen LogP contribution in [-0.2, 0) is 4.79 Å². The number of nitrogens with zero attached hydrogens (tertiary/aromatic N) is 1. The molecular formula is C13H25N3OS. The fourth-order valence-corrected chi connectivity index (χ4v) is 2.48. The Kier molecular flexibility index (Phi) is 4.72. The van der Waals surface area contributed by atoms with E-state index in [2.05, 4.69) is 38.0 Å². The highest BCUT2D eigenvalue weighted by atomic mass is 32.1. The van der Waals surface area contributed by atoms with Crippen molar-refractivity contribution in [2.75, 3.05) is 20.1 Å². The van der Waals surface area contributed by atoms with E-state index in [1.807, 2.05) is 0 Å². The van der Waals surface area contributed by atoms with E-state index in [4.69, 9.17) is 18.0 Å². The lowest BCUT2D eigenvalue weighted by Crippen LogP contribution is -2.61. The van der Waals surface area contributed by atoms with Crippen LogP contribution in [0.25, 0.3) is 0 Å². The molecule has 3 N–H and O–H groups in total. The third-order valence-electron chi connectivity index (χ3n) is 3.38. The first-order valence-corrected chi connectivity index (χ1v) is 6.85. The predicted octanol–water partition coefficient (Wildman–Crippen LogP) is 1.29. The van der Waals surface area contributed by atoms with Gasteiger partial charge in [-0.3, -0.25) is 4.79 Å². The van der Waals surface area contributed by atoms with Crippen molar-refractivity contribution in [2.24, 2.45) is 11.1 Å². The summed E-state index contributed by atoms with van der Waals surface area (Å²) < 4.78 is 0. The van der Waals surface area contributed by atoms with E-state index < -0.39 is 5.54 Å². The normalized spacial score (nSPS) is 20.4. The molecule has 104 valence electrons. The average molecular weight is 271 g/mol. The lowest BCUT2D eigenvalue weighted by molar-refractivity contribution is -0.124. The maximum atomic E-state index is 12.1. The average Bonchev–Trinajstić information content (AvgIpc) is 2.18. The quantitative estimate of drug-likeness (QED) is 0.760. The highest BCUT2D eigenvalue weighted by Gasteiger charge is 2.38. The third kappa shape index (κ3) is 4.21. The zero-order chi connectivity index (χ0) is 14.0. The number of rotatable bonds is 3. The molecule has 0 bridgehead atoms. The Labute approximate surface area is 115 Å². The van der Waals surface area contributed by atoms with Crippen molar-refractivity contribution in [2.45, 2.75) is 45.6 Å². The molecule has 0 atom stereocenters. The van der Waals surface area contributed by atoms with Crippen molar-refractivity contribution in [1.29, 1.82) is 0 Å². The van der Waals surface area contributed by atoms with Crippen LogP contribution in [0.5, 0.6) is 0 Å².